The van der Waals surface area contributed by atoms with Crippen molar-refractivity contribution in [2.45, 2.75) is 71.3 Å². The van der Waals surface area contributed by atoms with Crippen LogP contribution in [0.25, 0.3) is 0 Å². The number of aliphatic hydroxyl groups excluding tert-OH is 1. The van der Waals surface area contributed by atoms with Crippen LogP contribution in [0.2, 0.25) is 0 Å². The Morgan fingerprint density at radius 3 is 2.21 bits per heavy atom. The molecule has 0 unspecified atom stereocenters. The number of benzene rings is 1. The maximum absolute atomic E-state index is 10.3. The van der Waals surface area contributed by atoms with Crippen molar-refractivity contribution in [3.63, 3.8) is 0 Å². The number of hydrogen-bond donors (Lipinski definition) is 1. The van der Waals surface area contributed by atoms with Gasteiger partial charge in [-0.05, 0) is 28.0 Å². The van der Waals surface area contributed by atoms with E-state index in [0.717, 1.165) is 16.8 Å². The Labute approximate surface area is 172 Å². The lowest BCUT2D eigenvalue weighted by Gasteiger charge is -2.31. The summed E-state index contributed by atoms with van der Waals surface area (Å²) in [5.74, 6) is 0.930. The molecular formula is C24H42NO3+. The van der Waals surface area contributed by atoms with Gasteiger partial charge in [-0.3, -0.25) is 0 Å². The summed E-state index contributed by atoms with van der Waals surface area (Å²) < 4.78 is 12.7. The number of hydrogen-bond acceptors (Lipinski definition) is 3. The molecule has 1 N–H and O–H groups in total. The number of rotatable bonds is 8. The molecular weight excluding hydrogens is 350 g/mol. The Bertz CT molecular complexity index is 622. The second-order valence-corrected chi connectivity index (χ2v) is 10.7. The minimum Gasteiger partial charge on any atom is -0.491 e. The average molecular weight is 393 g/mol. The van der Waals surface area contributed by atoms with Crippen LogP contribution in [-0.2, 0) is 15.6 Å². The summed E-state index contributed by atoms with van der Waals surface area (Å²) >= 11 is 0. The van der Waals surface area contributed by atoms with E-state index >= 15 is 0 Å². The minimum atomic E-state index is -0.403. The van der Waals surface area contributed by atoms with Gasteiger partial charge in [-0.15, -0.1) is 0 Å². The molecule has 1 heterocycles. The quantitative estimate of drug-likeness (QED) is 0.530. The van der Waals surface area contributed by atoms with E-state index < -0.39 is 6.10 Å². The standard InChI is InChI=1S/C24H42NO3/c1-23(2,3)19-10-11-22(21(16-19)24(4,5)6)28-15-14-27-18-20(26)17-25(7)12-8-9-13-25/h10-11,16,20,26H,8-9,12-15,17-18H2,1-7H3/q+1/t20-/m0/s1. The molecule has 1 atom stereocenters. The Kier molecular flexibility index (Phi) is 7.57. The first-order chi connectivity index (χ1) is 12.9. The lowest BCUT2D eigenvalue weighted by Crippen LogP contribution is -2.47. The van der Waals surface area contributed by atoms with Crippen LogP contribution in [0.3, 0.4) is 0 Å². The van der Waals surface area contributed by atoms with E-state index in [2.05, 4.69) is 66.8 Å². The molecule has 0 bridgehead atoms. The first kappa shape index (κ1) is 23.2. The van der Waals surface area contributed by atoms with Gasteiger partial charge in [-0.1, -0.05) is 53.7 Å². The minimum absolute atomic E-state index is 0.0162. The predicted octanol–water partition coefficient (Wildman–Crippen LogP) is 4.28. The Morgan fingerprint density at radius 1 is 1.00 bits per heavy atom. The van der Waals surface area contributed by atoms with Crippen LogP contribution in [0.15, 0.2) is 18.2 Å². The monoisotopic (exact) mass is 392 g/mol. The molecule has 4 nitrogen and oxygen atoms in total. The second-order valence-electron chi connectivity index (χ2n) is 10.7. The van der Waals surface area contributed by atoms with Gasteiger partial charge in [0, 0.05) is 12.8 Å². The van der Waals surface area contributed by atoms with Crippen molar-refractivity contribution in [1.82, 2.24) is 0 Å². The normalized spacial score (nSPS) is 18.3. The smallest absolute Gasteiger partial charge is 0.126 e. The van der Waals surface area contributed by atoms with Crippen molar-refractivity contribution < 1.29 is 19.1 Å². The highest BCUT2D eigenvalue weighted by Gasteiger charge is 2.29. The fourth-order valence-electron chi connectivity index (χ4n) is 3.98. The second kappa shape index (κ2) is 9.15. The molecule has 4 heteroatoms. The fourth-order valence-corrected chi connectivity index (χ4v) is 3.98. The van der Waals surface area contributed by atoms with Gasteiger partial charge in [0.2, 0.25) is 0 Å². The van der Waals surface area contributed by atoms with E-state index in [1.165, 1.54) is 37.1 Å². The van der Waals surface area contributed by atoms with Crippen molar-refractivity contribution in [2.24, 2.45) is 0 Å². The van der Waals surface area contributed by atoms with Crippen LogP contribution < -0.4 is 4.74 Å². The number of quaternary nitrogens is 1. The third-order valence-corrected chi connectivity index (χ3v) is 5.75. The topological polar surface area (TPSA) is 38.7 Å². The maximum Gasteiger partial charge on any atom is 0.126 e. The summed E-state index contributed by atoms with van der Waals surface area (Å²) in [6.07, 6.45) is 2.13. The molecule has 0 amide bonds. The Hall–Kier alpha value is -1.10. The van der Waals surface area contributed by atoms with Crippen molar-refractivity contribution in [2.75, 3.05) is 46.5 Å². The van der Waals surface area contributed by atoms with E-state index in [1.807, 2.05) is 0 Å². The molecule has 1 aromatic rings. The van der Waals surface area contributed by atoms with Crippen LogP contribution in [0.5, 0.6) is 5.75 Å². The molecule has 1 fully saturated rings. The van der Waals surface area contributed by atoms with Gasteiger partial charge in [0.25, 0.3) is 0 Å². The van der Waals surface area contributed by atoms with E-state index in [9.17, 15) is 5.11 Å². The summed E-state index contributed by atoms with van der Waals surface area (Å²) in [5, 5.41) is 10.3. The molecule has 1 aliphatic heterocycles. The number of nitrogens with zero attached hydrogens (tertiary/aromatic N) is 1. The van der Waals surface area contributed by atoms with Crippen LogP contribution in [0, 0.1) is 0 Å². The molecule has 1 saturated heterocycles. The zero-order valence-corrected chi connectivity index (χ0v) is 19.2. The first-order valence-electron chi connectivity index (χ1n) is 10.8. The van der Waals surface area contributed by atoms with E-state index in [-0.39, 0.29) is 10.8 Å². The predicted molar refractivity (Wildman–Crippen MR) is 116 cm³/mol. The van der Waals surface area contributed by atoms with Gasteiger partial charge in [-0.2, -0.15) is 0 Å². The highest BCUT2D eigenvalue weighted by molar-refractivity contribution is 5.43. The molecule has 1 aromatic carbocycles. The van der Waals surface area contributed by atoms with Crippen LogP contribution >= 0.6 is 0 Å². The largest absolute Gasteiger partial charge is 0.491 e. The number of likely N-dealkylation sites (tertiary alicyclic amines) is 1. The van der Waals surface area contributed by atoms with Crippen molar-refractivity contribution in [1.29, 1.82) is 0 Å². The molecule has 0 aliphatic carbocycles. The first-order valence-corrected chi connectivity index (χ1v) is 10.8. The maximum atomic E-state index is 10.3. The van der Waals surface area contributed by atoms with Gasteiger partial charge >= 0.3 is 0 Å². The number of ether oxygens (including phenoxy) is 2. The third-order valence-electron chi connectivity index (χ3n) is 5.75. The Balaban J connectivity index is 1.83. The summed E-state index contributed by atoms with van der Waals surface area (Å²) in [7, 11) is 2.23. The Morgan fingerprint density at radius 2 is 1.64 bits per heavy atom. The van der Waals surface area contributed by atoms with Gasteiger partial charge in [0.1, 0.15) is 25.0 Å². The molecule has 2 rings (SSSR count). The lowest BCUT2D eigenvalue weighted by molar-refractivity contribution is -0.900. The summed E-state index contributed by atoms with van der Waals surface area (Å²) in [6, 6.07) is 6.53. The van der Waals surface area contributed by atoms with E-state index in [0.29, 0.717) is 19.8 Å². The lowest BCUT2D eigenvalue weighted by atomic mass is 9.80. The molecule has 1 aliphatic rings. The molecule has 28 heavy (non-hydrogen) atoms. The van der Waals surface area contributed by atoms with Gasteiger partial charge in [0.15, 0.2) is 0 Å². The molecule has 0 aromatic heterocycles. The van der Waals surface area contributed by atoms with E-state index in [4.69, 9.17) is 9.47 Å². The van der Waals surface area contributed by atoms with Gasteiger partial charge in [-0.25, -0.2) is 0 Å². The summed E-state index contributed by atoms with van der Waals surface area (Å²) in [4.78, 5) is 0. The van der Waals surface area contributed by atoms with Crippen molar-refractivity contribution in [3.8, 4) is 5.75 Å². The summed E-state index contributed by atoms with van der Waals surface area (Å²) in [5.41, 5.74) is 2.68. The molecule has 0 spiro atoms. The van der Waals surface area contributed by atoms with Crippen LogP contribution in [0.4, 0.5) is 0 Å². The highest BCUT2D eigenvalue weighted by atomic mass is 16.5. The van der Waals surface area contributed by atoms with Gasteiger partial charge in [0.05, 0.1) is 33.4 Å². The van der Waals surface area contributed by atoms with Crippen molar-refractivity contribution in [3.05, 3.63) is 29.3 Å². The van der Waals surface area contributed by atoms with Gasteiger partial charge < -0.3 is 19.1 Å². The molecule has 160 valence electrons. The number of likely N-dealkylation sites (N-methyl/N-ethyl adjacent to an activating group) is 1. The molecule has 0 saturated carbocycles. The van der Waals surface area contributed by atoms with Crippen LogP contribution in [0.1, 0.15) is 65.5 Å². The number of aliphatic hydroxyl groups is 1. The molecule has 0 radical (unpaired) electrons. The zero-order valence-electron chi connectivity index (χ0n) is 19.2. The van der Waals surface area contributed by atoms with Crippen LogP contribution in [-0.4, -0.2) is 62.2 Å². The summed E-state index contributed by atoms with van der Waals surface area (Å²) in [6.45, 7) is 17.8. The van der Waals surface area contributed by atoms with Crippen molar-refractivity contribution >= 4 is 0 Å². The van der Waals surface area contributed by atoms with E-state index in [1.54, 1.807) is 0 Å². The zero-order chi connectivity index (χ0) is 21.0. The average Bonchev–Trinajstić information content (AvgIpc) is 2.98. The third kappa shape index (κ3) is 6.75. The highest BCUT2D eigenvalue weighted by Crippen LogP contribution is 2.35. The SMILES string of the molecule is CC(C)(C)c1ccc(OCCOC[C@@H](O)C[N+]2(C)CCCC2)c(C(C)(C)C)c1. The fraction of sp³-hybridized carbons (Fsp3) is 0.750.